The molecule has 2 aliphatic heterocycles. The zero-order chi connectivity index (χ0) is 19.4. The third-order valence-corrected chi connectivity index (χ3v) is 6.38. The second-order valence-corrected chi connectivity index (χ2v) is 9.00. The summed E-state index contributed by atoms with van der Waals surface area (Å²) in [4.78, 5) is 14.7. The summed E-state index contributed by atoms with van der Waals surface area (Å²) < 4.78 is 35.5. The zero-order valence-electron chi connectivity index (χ0n) is 15.7. The zero-order valence-corrected chi connectivity index (χ0v) is 16.5. The maximum Gasteiger partial charge on any atom is 0.233 e. The number of carbonyl (C=O) groups is 1. The van der Waals surface area contributed by atoms with Crippen LogP contribution in [0, 0.1) is 5.92 Å². The average molecular weight is 398 g/mol. The van der Waals surface area contributed by atoms with Gasteiger partial charge < -0.3 is 14.4 Å². The van der Waals surface area contributed by atoms with E-state index in [0.29, 0.717) is 50.8 Å². The van der Waals surface area contributed by atoms with Gasteiger partial charge in [-0.05, 0) is 25.7 Å². The van der Waals surface area contributed by atoms with Crippen molar-refractivity contribution in [3.8, 4) is 11.8 Å². The second kappa shape index (κ2) is 8.39. The quantitative estimate of drug-likeness (QED) is 0.713. The number of ether oxygens (including phenoxy) is 2. The summed E-state index contributed by atoms with van der Waals surface area (Å²) in [5.74, 6) is 0.805. The number of carbonyl (C=O) groups excluding carboxylic acids is 1. The van der Waals surface area contributed by atoms with Crippen molar-refractivity contribution in [3.63, 3.8) is 0 Å². The van der Waals surface area contributed by atoms with E-state index in [1.807, 2.05) is 4.90 Å². The van der Waals surface area contributed by atoms with Crippen molar-refractivity contribution in [2.75, 3.05) is 39.5 Å². The van der Waals surface area contributed by atoms with Gasteiger partial charge in [0.15, 0.2) is 0 Å². The van der Waals surface area contributed by atoms with Crippen LogP contribution in [-0.2, 0) is 14.8 Å². The highest BCUT2D eigenvalue weighted by Gasteiger charge is 2.33. The smallest absolute Gasteiger partial charge is 0.233 e. The molecule has 27 heavy (non-hydrogen) atoms. The highest BCUT2D eigenvalue weighted by molar-refractivity contribution is 7.88. The summed E-state index contributed by atoms with van der Waals surface area (Å²) in [5, 5.41) is 7.86. The van der Waals surface area contributed by atoms with Crippen molar-refractivity contribution >= 4 is 15.9 Å². The molecule has 2 aliphatic rings. The standard InChI is InChI=1S/C17H26N4O5S/c1-25-15-5-6-16(19-18-15)26-14-4-3-9-20(12-14)17(22)13-7-10-21(11-8-13)27(2,23)24/h5-6,13-14H,3-4,7-12H2,1-2H3. The van der Waals surface area contributed by atoms with Gasteiger partial charge in [-0.15, -0.1) is 10.2 Å². The average Bonchev–Trinajstić information content (AvgIpc) is 2.68. The molecule has 1 atom stereocenters. The van der Waals surface area contributed by atoms with E-state index >= 15 is 0 Å². The first-order valence-electron chi connectivity index (χ1n) is 9.15. The molecule has 0 radical (unpaired) electrons. The van der Waals surface area contributed by atoms with Gasteiger partial charge in [-0.2, -0.15) is 0 Å². The minimum absolute atomic E-state index is 0.0947. The number of methoxy groups -OCH3 is 1. The van der Waals surface area contributed by atoms with Crippen molar-refractivity contribution in [1.82, 2.24) is 19.4 Å². The van der Waals surface area contributed by atoms with Crippen LogP contribution < -0.4 is 9.47 Å². The molecule has 3 rings (SSSR count). The van der Waals surface area contributed by atoms with E-state index in [-0.39, 0.29) is 17.9 Å². The third kappa shape index (κ3) is 5.07. The number of amides is 1. The molecule has 0 N–H and O–H groups in total. The number of hydrogen-bond acceptors (Lipinski definition) is 7. The summed E-state index contributed by atoms with van der Waals surface area (Å²) in [6, 6.07) is 3.39. The Kier molecular flexibility index (Phi) is 6.15. The van der Waals surface area contributed by atoms with Crippen molar-refractivity contribution in [1.29, 1.82) is 0 Å². The molecule has 1 aromatic rings. The minimum atomic E-state index is -3.18. The fourth-order valence-corrected chi connectivity index (χ4v) is 4.45. The topological polar surface area (TPSA) is 102 Å². The van der Waals surface area contributed by atoms with E-state index < -0.39 is 10.0 Å². The van der Waals surface area contributed by atoms with E-state index in [0.717, 1.165) is 12.8 Å². The number of rotatable bonds is 5. The Morgan fingerprint density at radius 1 is 1.11 bits per heavy atom. The maximum atomic E-state index is 12.8. The van der Waals surface area contributed by atoms with Gasteiger partial charge in [0.2, 0.25) is 27.7 Å². The van der Waals surface area contributed by atoms with Crippen LogP contribution in [0.3, 0.4) is 0 Å². The van der Waals surface area contributed by atoms with E-state index in [1.54, 1.807) is 12.1 Å². The molecule has 2 fully saturated rings. The number of piperidine rings is 2. The number of aromatic nitrogens is 2. The lowest BCUT2D eigenvalue weighted by Crippen LogP contribution is -2.49. The van der Waals surface area contributed by atoms with Gasteiger partial charge in [-0.1, -0.05) is 0 Å². The summed E-state index contributed by atoms with van der Waals surface area (Å²) in [5.41, 5.74) is 0. The Balaban J connectivity index is 1.53. The van der Waals surface area contributed by atoms with Crippen molar-refractivity contribution in [3.05, 3.63) is 12.1 Å². The van der Waals surface area contributed by atoms with Crippen LogP contribution in [0.25, 0.3) is 0 Å². The summed E-state index contributed by atoms with van der Waals surface area (Å²) in [7, 11) is -1.66. The van der Waals surface area contributed by atoms with E-state index in [2.05, 4.69) is 10.2 Å². The van der Waals surface area contributed by atoms with Gasteiger partial charge >= 0.3 is 0 Å². The second-order valence-electron chi connectivity index (χ2n) is 7.02. The molecule has 2 saturated heterocycles. The molecule has 3 heterocycles. The number of nitrogens with zero attached hydrogens (tertiary/aromatic N) is 4. The molecule has 0 bridgehead atoms. The van der Waals surface area contributed by atoms with E-state index in [4.69, 9.17) is 9.47 Å². The normalized spacial score (nSPS) is 22.4. The third-order valence-electron chi connectivity index (χ3n) is 5.07. The lowest BCUT2D eigenvalue weighted by Gasteiger charge is -2.37. The molecule has 150 valence electrons. The Hall–Kier alpha value is -1.94. The predicted octanol–water partition coefficient (Wildman–Crippen LogP) is 0.527. The molecule has 10 heteroatoms. The summed E-state index contributed by atoms with van der Waals surface area (Å²) in [6.07, 6.45) is 3.94. The monoisotopic (exact) mass is 398 g/mol. The van der Waals surface area contributed by atoms with Crippen molar-refractivity contribution < 1.29 is 22.7 Å². The molecule has 0 aliphatic carbocycles. The molecule has 1 amide bonds. The van der Waals surface area contributed by atoms with Crippen LogP contribution >= 0.6 is 0 Å². The Morgan fingerprint density at radius 3 is 2.37 bits per heavy atom. The van der Waals surface area contributed by atoms with E-state index in [1.165, 1.54) is 17.7 Å². The highest BCUT2D eigenvalue weighted by atomic mass is 32.2. The lowest BCUT2D eigenvalue weighted by molar-refractivity contribution is -0.139. The van der Waals surface area contributed by atoms with Gasteiger partial charge in [0.25, 0.3) is 0 Å². The van der Waals surface area contributed by atoms with Gasteiger partial charge in [0.05, 0.1) is 19.9 Å². The fourth-order valence-electron chi connectivity index (χ4n) is 3.58. The summed E-state index contributed by atoms with van der Waals surface area (Å²) >= 11 is 0. The van der Waals surface area contributed by atoms with Crippen LogP contribution in [0.1, 0.15) is 25.7 Å². The molecule has 1 aromatic heterocycles. The van der Waals surface area contributed by atoms with Gasteiger partial charge in [0, 0.05) is 37.7 Å². The SMILES string of the molecule is COc1ccc(OC2CCCN(C(=O)C3CCN(S(C)(=O)=O)CC3)C2)nn1. The number of hydrogen-bond donors (Lipinski definition) is 0. The molecule has 0 spiro atoms. The first kappa shape index (κ1) is 19.8. The Labute approximate surface area is 159 Å². The fraction of sp³-hybridized carbons (Fsp3) is 0.706. The first-order chi connectivity index (χ1) is 12.9. The highest BCUT2D eigenvalue weighted by Crippen LogP contribution is 2.24. The molecule has 0 aromatic carbocycles. The van der Waals surface area contributed by atoms with Crippen molar-refractivity contribution in [2.24, 2.45) is 5.92 Å². The summed E-state index contributed by atoms with van der Waals surface area (Å²) in [6.45, 7) is 2.03. The first-order valence-corrected chi connectivity index (χ1v) is 11.0. The van der Waals surface area contributed by atoms with Crippen LogP contribution in [-0.4, -0.2) is 79.4 Å². The number of sulfonamides is 1. The van der Waals surface area contributed by atoms with Gasteiger partial charge in [0.1, 0.15) is 6.10 Å². The van der Waals surface area contributed by atoms with Crippen molar-refractivity contribution in [2.45, 2.75) is 31.8 Å². The largest absolute Gasteiger partial charge is 0.480 e. The van der Waals surface area contributed by atoms with Crippen LogP contribution in [0.2, 0.25) is 0 Å². The Morgan fingerprint density at radius 2 is 1.78 bits per heavy atom. The lowest BCUT2D eigenvalue weighted by atomic mass is 9.95. The molecule has 0 saturated carbocycles. The van der Waals surface area contributed by atoms with Gasteiger partial charge in [-0.3, -0.25) is 4.79 Å². The number of likely N-dealkylation sites (tertiary alicyclic amines) is 1. The van der Waals surface area contributed by atoms with Crippen LogP contribution in [0.5, 0.6) is 11.8 Å². The molecule has 1 unspecified atom stereocenters. The molecular formula is C17H26N4O5S. The Bertz CT molecular complexity index is 747. The van der Waals surface area contributed by atoms with Gasteiger partial charge in [-0.25, -0.2) is 12.7 Å². The molecular weight excluding hydrogens is 372 g/mol. The maximum absolute atomic E-state index is 12.8. The van der Waals surface area contributed by atoms with Crippen LogP contribution in [0.4, 0.5) is 0 Å². The minimum Gasteiger partial charge on any atom is -0.480 e. The predicted molar refractivity (Wildman–Crippen MR) is 98.0 cm³/mol. The van der Waals surface area contributed by atoms with Crippen LogP contribution in [0.15, 0.2) is 12.1 Å². The molecule has 9 nitrogen and oxygen atoms in total. The van der Waals surface area contributed by atoms with E-state index in [9.17, 15) is 13.2 Å².